The van der Waals surface area contributed by atoms with E-state index in [0.717, 1.165) is 18.8 Å². The van der Waals surface area contributed by atoms with Crippen LogP contribution in [0.25, 0.3) is 0 Å². The molecule has 0 radical (unpaired) electrons. The third kappa shape index (κ3) is 1.60. The van der Waals surface area contributed by atoms with Crippen molar-refractivity contribution in [3.63, 3.8) is 0 Å². The second-order valence-electron chi connectivity index (χ2n) is 4.74. The van der Waals surface area contributed by atoms with Crippen LogP contribution in [0.4, 0.5) is 5.82 Å². The number of ether oxygens (including phenoxy) is 1. The molecule has 0 spiro atoms. The SMILES string of the molecule is COc1cc(N2CCC3C2CC(=O)N3C)ncn1. The molecule has 0 N–H and O–H groups in total. The summed E-state index contributed by atoms with van der Waals surface area (Å²) in [5.74, 6) is 1.62. The van der Waals surface area contributed by atoms with Crippen LogP contribution in [0.5, 0.6) is 5.88 Å². The quantitative estimate of drug-likeness (QED) is 0.753. The maximum atomic E-state index is 11.7. The Morgan fingerprint density at radius 3 is 3.00 bits per heavy atom. The van der Waals surface area contributed by atoms with Crippen molar-refractivity contribution in [2.75, 3.05) is 25.6 Å². The number of methoxy groups -OCH3 is 1. The number of aromatic nitrogens is 2. The molecule has 2 aliphatic rings. The van der Waals surface area contributed by atoms with E-state index in [1.54, 1.807) is 7.11 Å². The van der Waals surface area contributed by atoms with Gasteiger partial charge in [0.25, 0.3) is 0 Å². The van der Waals surface area contributed by atoms with Crippen molar-refractivity contribution in [2.24, 2.45) is 0 Å². The average molecular weight is 248 g/mol. The maximum absolute atomic E-state index is 11.7. The minimum absolute atomic E-state index is 0.218. The summed E-state index contributed by atoms with van der Waals surface area (Å²) in [5.41, 5.74) is 0. The van der Waals surface area contributed by atoms with Crippen LogP contribution in [0.15, 0.2) is 12.4 Å². The molecule has 2 atom stereocenters. The molecule has 18 heavy (non-hydrogen) atoms. The lowest BCUT2D eigenvalue weighted by molar-refractivity contribution is -0.127. The van der Waals surface area contributed by atoms with Gasteiger partial charge in [0.2, 0.25) is 11.8 Å². The van der Waals surface area contributed by atoms with E-state index in [9.17, 15) is 4.79 Å². The van der Waals surface area contributed by atoms with E-state index in [1.165, 1.54) is 6.33 Å². The zero-order chi connectivity index (χ0) is 12.7. The van der Waals surface area contributed by atoms with Crippen LogP contribution in [-0.4, -0.2) is 53.6 Å². The summed E-state index contributed by atoms with van der Waals surface area (Å²) in [6.45, 7) is 0.924. The lowest BCUT2D eigenvalue weighted by Crippen LogP contribution is -2.35. The Hall–Kier alpha value is -1.85. The smallest absolute Gasteiger partial charge is 0.224 e. The minimum Gasteiger partial charge on any atom is -0.481 e. The molecule has 0 bridgehead atoms. The Morgan fingerprint density at radius 1 is 1.39 bits per heavy atom. The first-order valence-electron chi connectivity index (χ1n) is 6.09. The largest absolute Gasteiger partial charge is 0.481 e. The molecule has 1 aromatic rings. The number of carbonyl (C=O) groups is 1. The van der Waals surface area contributed by atoms with Gasteiger partial charge in [0.05, 0.1) is 19.2 Å². The fourth-order valence-corrected chi connectivity index (χ4v) is 2.93. The number of nitrogens with zero attached hydrogens (tertiary/aromatic N) is 4. The molecule has 3 heterocycles. The fraction of sp³-hybridized carbons (Fsp3) is 0.583. The number of hydrogen-bond donors (Lipinski definition) is 0. The van der Waals surface area contributed by atoms with Crippen LogP contribution in [0.2, 0.25) is 0 Å². The molecule has 0 aromatic carbocycles. The van der Waals surface area contributed by atoms with Gasteiger partial charge in [-0.3, -0.25) is 4.79 Å². The number of likely N-dealkylation sites (tertiary alicyclic amines) is 1. The Morgan fingerprint density at radius 2 is 2.22 bits per heavy atom. The van der Waals surface area contributed by atoms with Crippen LogP contribution in [0.3, 0.4) is 0 Å². The number of hydrogen-bond acceptors (Lipinski definition) is 5. The molecule has 0 saturated carbocycles. The standard InChI is InChI=1S/C12H16N4O2/c1-15-8-3-4-16(9(8)5-12(15)17)10-6-11(18-2)14-7-13-10/h6-9H,3-5H2,1-2H3. The van der Waals surface area contributed by atoms with Gasteiger partial charge in [0, 0.05) is 26.1 Å². The molecular formula is C12H16N4O2. The topological polar surface area (TPSA) is 58.6 Å². The summed E-state index contributed by atoms with van der Waals surface area (Å²) in [6.07, 6.45) is 3.08. The number of amides is 1. The Balaban J connectivity index is 1.87. The monoisotopic (exact) mass is 248 g/mol. The zero-order valence-corrected chi connectivity index (χ0v) is 10.5. The first-order chi connectivity index (χ1) is 8.70. The normalized spacial score (nSPS) is 26.7. The highest BCUT2D eigenvalue weighted by Crippen LogP contribution is 2.34. The lowest BCUT2D eigenvalue weighted by Gasteiger charge is -2.24. The first kappa shape index (κ1) is 11.3. The van der Waals surface area contributed by atoms with Crippen molar-refractivity contribution < 1.29 is 9.53 Å². The van der Waals surface area contributed by atoms with Gasteiger partial charge in [0.15, 0.2) is 0 Å². The average Bonchev–Trinajstić information content (AvgIpc) is 2.92. The zero-order valence-electron chi connectivity index (χ0n) is 10.5. The van der Waals surface area contributed by atoms with E-state index < -0.39 is 0 Å². The van der Waals surface area contributed by atoms with Gasteiger partial charge in [-0.2, -0.15) is 0 Å². The molecule has 3 rings (SSSR count). The van der Waals surface area contributed by atoms with Gasteiger partial charge in [-0.1, -0.05) is 0 Å². The second kappa shape index (κ2) is 4.12. The fourth-order valence-electron chi connectivity index (χ4n) is 2.93. The molecule has 2 saturated heterocycles. The Kier molecular flexibility index (Phi) is 2.57. The lowest BCUT2D eigenvalue weighted by atomic mass is 10.1. The van der Waals surface area contributed by atoms with Crippen molar-refractivity contribution in [1.82, 2.24) is 14.9 Å². The molecule has 1 amide bonds. The first-order valence-corrected chi connectivity index (χ1v) is 6.09. The molecule has 2 fully saturated rings. The van der Waals surface area contributed by atoms with E-state index in [1.807, 2.05) is 18.0 Å². The highest BCUT2D eigenvalue weighted by Gasteiger charge is 2.45. The molecule has 6 nitrogen and oxygen atoms in total. The van der Waals surface area contributed by atoms with E-state index in [2.05, 4.69) is 14.9 Å². The summed E-state index contributed by atoms with van der Waals surface area (Å²) < 4.78 is 5.11. The summed E-state index contributed by atoms with van der Waals surface area (Å²) in [7, 11) is 3.48. The van der Waals surface area contributed by atoms with Crippen molar-refractivity contribution in [1.29, 1.82) is 0 Å². The van der Waals surface area contributed by atoms with Gasteiger partial charge in [0.1, 0.15) is 12.1 Å². The third-order valence-electron chi connectivity index (χ3n) is 3.92. The Labute approximate surface area is 106 Å². The van der Waals surface area contributed by atoms with Gasteiger partial charge in [-0.25, -0.2) is 9.97 Å². The van der Waals surface area contributed by atoms with Gasteiger partial charge >= 0.3 is 0 Å². The molecule has 1 aromatic heterocycles. The summed E-state index contributed by atoms with van der Waals surface area (Å²) >= 11 is 0. The number of likely N-dealkylation sites (N-methyl/N-ethyl adjacent to an activating group) is 1. The van der Waals surface area contributed by atoms with E-state index in [4.69, 9.17) is 4.74 Å². The van der Waals surface area contributed by atoms with Crippen LogP contribution in [0, 0.1) is 0 Å². The highest BCUT2D eigenvalue weighted by atomic mass is 16.5. The van der Waals surface area contributed by atoms with Gasteiger partial charge < -0.3 is 14.5 Å². The highest BCUT2D eigenvalue weighted by molar-refractivity contribution is 5.81. The van der Waals surface area contributed by atoms with E-state index >= 15 is 0 Å². The van der Waals surface area contributed by atoms with E-state index in [0.29, 0.717) is 18.3 Å². The van der Waals surface area contributed by atoms with Crippen molar-refractivity contribution in [2.45, 2.75) is 24.9 Å². The number of anilines is 1. The van der Waals surface area contributed by atoms with Crippen LogP contribution in [-0.2, 0) is 4.79 Å². The predicted molar refractivity (Wildman–Crippen MR) is 65.5 cm³/mol. The van der Waals surface area contributed by atoms with Crippen molar-refractivity contribution in [3.8, 4) is 5.88 Å². The van der Waals surface area contributed by atoms with Crippen molar-refractivity contribution in [3.05, 3.63) is 12.4 Å². The second-order valence-corrected chi connectivity index (χ2v) is 4.74. The summed E-state index contributed by atoms with van der Waals surface area (Å²) in [4.78, 5) is 24.1. The minimum atomic E-state index is 0.218. The molecule has 96 valence electrons. The number of fused-ring (bicyclic) bond motifs is 1. The maximum Gasteiger partial charge on any atom is 0.224 e. The molecule has 2 aliphatic heterocycles. The molecule has 6 heteroatoms. The molecular weight excluding hydrogens is 232 g/mol. The van der Waals surface area contributed by atoms with Crippen molar-refractivity contribution >= 4 is 11.7 Å². The third-order valence-corrected chi connectivity index (χ3v) is 3.92. The Bertz CT molecular complexity index is 479. The van der Waals surface area contributed by atoms with Crippen LogP contribution >= 0.6 is 0 Å². The number of rotatable bonds is 2. The van der Waals surface area contributed by atoms with Gasteiger partial charge in [-0.15, -0.1) is 0 Å². The van der Waals surface area contributed by atoms with E-state index in [-0.39, 0.29) is 11.9 Å². The summed E-state index contributed by atoms with van der Waals surface area (Å²) in [5, 5.41) is 0. The molecule has 2 unspecified atom stereocenters. The summed E-state index contributed by atoms with van der Waals surface area (Å²) in [6, 6.07) is 2.38. The van der Waals surface area contributed by atoms with Gasteiger partial charge in [-0.05, 0) is 6.42 Å². The number of carbonyl (C=O) groups excluding carboxylic acids is 1. The van der Waals surface area contributed by atoms with Crippen LogP contribution < -0.4 is 9.64 Å². The predicted octanol–water partition coefficient (Wildman–Crippen LogP) is 0.295. The van der Waals surface area contributed by atoms with Crippen LogP contribution in [0.1, 0.15) is 12.8 Å². The molecule has 0 aliphatic carbocycles.